The summed E-state index contributed by atoms with van der Waals surface area (Å²) in [5.74, 6) is 0. The molecule has 0 aliphatic rings. The molecule has 9 aromatic rings. The molecule has 8 aromatic carbocycles. The Bertz CT molecular complexity index is 2700. The van der Waals surface area contributed by atoms with Crippen LogP contribution in [-0.2, 0) is 5.41 Å². The first-order valence-electron chi connectivity index (χ1n) is 18.8. The fourth-order valence-electron chi connectivity index (χ4n) is 7.66. The summed E-state index contributed by atoms with van der Waals surface area (Å²) in [5.41, 5.74) is 15.6. The summed E-state index contributed by atoms with van der Waals surface area (Å²) in [7, 11) is 0. The zero-order chi connectivity index (χ0) is 36.6. The maximum Gasteiger partial charge on any atom is 0.0541 e. The van der Waals surface area contributed by atoms with E-state index in [1.807, 2.05) is 0 Å². The van der Waals surface area contributed by atoms with E-state index in [9.17, 15) is 0 Å². The third-order valence-electron chi connectivity index (χ3n) is 10.5. The second-order valence-electron chi connectivity index (χ2n) is 15.1. The maximum atomic E-state index is 2.40. The lowest BCUT2D eigenvalue weighted by Gasteiger charge is -2.26. The van der Waals surface area contributed by atoms with E-state index < -0.39 is 0 Å². The molecule has 1 heterocycles. The third kappa shape index (κ3) is 6.27. The van der Waals surface area contributed by atoms with Crippen LogP contribution in [-0.4, -0.2) is 4.57 Å². The predicted molar refractivity (Wildman–Crippen MR) is 230 cm³/mol. The first kappa shape index (κ1) is 33.2. The molecule has 0 fully saturated rings. The molecule has 0 radical (unpaired) electrons. The van der Waals surface area contributed by atoms with Crippen molar-refractivity contribution in [1.82, 2.24) is 4.57 Å². The van der Waals surface area contributed by atoms with Gasteiger partial charge >= 0.3 is 0 Å². The fourth-order valence-corrected chi connectivity index (χ4v) is 7.66. The van der Waals surface area contributed by atoms with E-state index in [0.717, 1.165) is 17.1 Å². The Morgan fingerprint density at radius 1 is 0.352 bits per heavy atom. The zero-order valence-electron chi connectivity index (χ0n) is 30.9. The number of para-hydroxylation sites is 2. The molecule has 0 atom stereocenters. The summed E-state index contributed by atoms with van der Waals surface area (Å²) >= 11 is 0. The fraction of sp³-hybridized carbons (Fsp3) is 0.0769. The lowest BCUT2D eigenvalue weighted by atomic mass is 9.86. The minimum Gasteiger partial charge on any atom is -0.311 e. The molecule has 260 valence electrons. The van der Waals surface area contributed by atoms with Crippen molar-refractivity contribution in [2.45, 2.75) is 26.2 Å². The van der Waals surface area contributed by atoms with Crippen LogP contribution >= 0.6 is 0 Å². The van der Waals surface area contributed by atoms with Crippen LogP contribution in [0.1, 0.15) is 26.3 Å². The Balaban J connectivity index is 1.07. The molecule has 0 aliphatic carbocycles. The Morgan fingerprint density at radius 3 is 1.39 bits per heavy atom. The third-order valence-corrected chi connectivity index (χ3v) is 10.5. The van der Waals surface area contributed by atoms with Gasteiger partial charge in [0.1, 0.15) is 0 Å². The highest BCUT2D eigenvalue weighted by Crippen LogP contribution is 2.39. The highest BCUT2D eigenvalue weighted by atomic mass is 15.1. The van der Waals surface area contributed by atoms with E-state index in [2.05, 4.69) is 230 Å². The molecule has 2 nitrogen and oxygen atoms in total. The molecule has 0 unspecified atom stereocenters. The topological polar surface area (TPSA) is 8.17 Å². The van der Waals surface area contributed by atoms with Crippen LogP contribution in [0.3, 0.4) is 0 Å². The minimum absolute atomic E-state index is 0.0575. The summed E-state index contributed by atoms with van der Waals surface area (Å²) in [4.78, 5) is 2.32. The lowest BCUT2D eigenvalue weighted by Crippen LogP contribution is -2.10. The Morgan fingerprint density at radius 2 is 0.778 bits per heavy atom. The molecule has 1 aromatic heterocycles. The van der Waals surface area contributed by atoms with Crippen molar-refractivity contribution in [3.63, 3.8) is 0 Å². The van der Waals surface area contributed by atoms with E-state index in [4.69, 9.17) is 0 Å². The van der Waals surface area contributed by atoms with Gasteiger partial charge in [0.15, 0.2) is 0 Å². The monoisotopic (exact) mass is 694 g/mol. The number of hydrogen-bond donors (Lipinski definition) is 0. The van der Waals surface area contributed by atoms with Crippen LogP contribution in [0.25, 0.3) is 60.9 Å². The summed E-state index contributed by atoms with van der Waals surface area (Å²) in [6.07, 6.45) is 0. The van der Waals surface area contributed by atoms with Crippen LogP contribution in [0.2, 0.25) is 0 Å². The molecule has 0 saturated carbocycles. The minimum atomic E-state index is 0.0575. The number of rotatable bonds is 7. The van der Waals surface area contributed by atoms with Gasteiger partial charge in [0.2, 0.25) is 0 Å². The van der Waals surface area contributed by atoms with Crippen LogP contribution in [0.5, 0.6) is 0 Å². The number of nitrogens with zero attached hydrogens (tertiary/aromatic N) is 2. The van der Waals surface area contributed by atoms with E-state index in [1.54, 1.807) is 0 Å². The van der Waals surface area contributed by atoms with Crippen molar-refractivity contribution < 1.29 is 0 Å². The van der Waals surface area contributed by atoms with Crippen molar-refractivity contribution in [3.8, 4) is 39.1 Å². The standard InChI is InChI=1S/C52H42N2/c1-52(2,3)43-27-33-51-49(36-43)48-35-42(26-32-50(48)54(51)45-20-11-6-12-21-45)41-17-13-16-40(34-41)39-24-30-47(31-25-39)53(44-18-9-5-10-19-44)46-28-22-38(23-29-46)37-14-7-4-8-15-37/h4-36H,1-3H3. The summed E-state index contributed by atoms with van der Waals surface area (Å²) in [6, 6.07) is 72.5. The first-order chi connectivity index (χ1) is 26.4. The molecular weight excluding hydrogens is 653 g/mol. The summed E-state index contributed by atoms with van der Waals surface area (Å²) in [6.45, 7) is 6.86. The smallest absolute Gasteiger partial charge is 0.0541 e. The molecule has 0 bridgehead atoms. The molecule has 0 amide bonds. The van der Waals surface area contributed by atoms with Crippen molar-refractivity contribution in [3.05, 3.63) is 206 Å². The lowest BCUT2D eigenvalue weighted by molar-refractivity contribution is 0.591. The highest BCUT2D eigenvalue weighted by molar-refractivity contribution is 6.10. The van der Waals surface area contributed by atoms with Gasteiger partial charge in [-0.25, -0.2) is 0 Å². The summed E-state index contributed by atoms with van der Waals surface area (Å²) < 4.78 is 2.40. The number of hydrogen-bond acceptors (Lipinski definition) is 1. The molecule has 9 rings (SSSR count). The molecule has 0 saturated heterocycles. The average molecular weight is 695 g/mol. The van der Waals surface area contributed by atoms with Gasteiger partial charge in [0, 0.05) is 33.5 Å². The number of aromatic nitrogens is 1. The van der Waals surface area contributed by atoms with Gasteiger partial charge in [-0.05, 0) is 123 Å². The number of fused-ring (bicyclic) bond motifs is 3. The Kier molecular flexibility index (Phi) is 8.44. The highest BCUT2D eigenvalue weighted by Gasteiger charge is 2.19. The van der Waals surface area contributed by atoms with E-state index >= 15 is 0 Å². The first-order valence-corrected chi connectivity index (χ1v) is 18.8. The molecule has 2 heteroatoms. The Hall–Kier alpha value is -6.64. The maximum absolute atomic E-state index is 2.40. The Labute approximate surface area is 318 Å². The second-order valence-corrected chi connectivity index (χ2v) is 15.1. The van der Waals surface area contributed by atoms with Gasteiger partial charge in [0.25, 0.3) is 0 Å². The molecular formula is C52H42N2. The van der Waals surface area contributed by atoms with Crippen molar-refractivity contribution in [2.24, 2.45) is 0 Å². The van der Waals surface area contributed by atoms with Gasteiger partial charge < -0.3 is 9.47 Å². The SMILES string of the molecule is CC(C)(C)c1ccc2c(c1)c1cc(-c3cccc(-c4ccc(N(c5ccccc5)c5ccc(-c6ccccc6)cc5)cc4)c3)ccc1n2-c1ccccc1. The summed E-state index contributed by atoms with van der Waals surface area (Å²) in [5, 5.41) is 2.55. The van der Waals surface area contributed by atoms with Crippen molar-refractivity contribution in [2.75, 3.05) is 4.90 Å². The van der Waals surface area contributed by atoms with Crippen molar-refractivity contribution in [1.29, 1.82) is 0 Å². The normalized spacial score (nSPS) is 11.6. The zero-order valence-corrected chi connectivity index (χ0v) is 30.9. The molecule has 0 aliphatic heterocycles. The van der Waals surface area contributed by atoms with Gasteiger partial charge in [-0.1, -0.05) is 142 Å². The van der Waals surface area contributed by atoms with Crippen LogP contribution in [0, 0.1) is 0 Å². The molecule has 54 heavy (non-hydrogen) atoms. The van der Waals surface area contributed by atoms with E-state index in [1.165, 1.54) is 66.4 Å². The molecule has 0 spiro atoms. The van der Waals surface area contributed by atoms with Crippen molar-refractivity contribution >= 4 is 38.9 Å². The number of benzene rings is 8. The number of anilines is 3. The van der Waals surface area contributed by atoms with Gasteiger partial charge in [-0.3, -0.25) is 0 Å². The average Bonchev–Trinajstić information content (AvgIpc) is 3.55. The van der Waals surface area contributed by atoms with Crippen LogP contribution < -0.4 is 4.90 Å². The van der Waals surface area contributed by atoms with E-state index in [0.29, 0.717) is 0 Å². The second kappa shape index (κ2) is 13.7. The predicted octanol–water partition coefficient (Wildman–Crippen LogP) is 14.6. The van der Waals surface area contributed by atoms with Crippen LogP contribution in [0.4, 0.5) is 17.1 Å². The quantitative estimate of drug-likeness (QED) is 0.161. The van der Waals surface area contributed by atoms with Crippen LogP contribution in [0.15, 0.2) is 200 Å². The van der Waals surface area contributed by atoms with Gasteiger partial charge in [-0.15, -0.1) is 0 Å². The van der Waals surface area contributed by atoms with E-state index in [-0.39, 0.29) is 5.41 Å². The van der Waals surface area contributed by atoms with Gasteiger partial charge in [0.05, 0.1) is 11.0 Å². The largest absolute Gasteiger partial charge is 0.311 e. The molecule has 0 N–H and O–H groups in total. The van der Waals surface area contributed by atoms with Gasteiger partial charge in [-0.2, -0.15) is 0 Å².